The molecule has 1 aromatic carbocycles. The van der Waals surface area contributed by atoms with Gasteiger partial charge < -0.3 is 5.11 Å². The van der Waals surface area contributed by atoms with Gasteiger partial charge in [0.25, 0.3) is 0 Å². The van der Waals surface area contributed by atoms with Crippen molar-refractivity contribution in [2.45, 2.75) is 18.8 Å². The lowest BCUT2D eigenvalue weighted by atomic mass is 9.86. The topological polar surface area (TPSA) is 40.1 Å². The van der Waals surface area contributed by atoms with Gasteiger partial charge in [0.05, 0.1) is 0 Å². The molecule has 0 radical (unpaired) electrons. The van der Waals surface area contributed by atoms with E-state index in [9.17, 15) is 9.90 Å². The molecule has 2 nitrogen and oxygen atoms in total. The van der Waals surface area contributed by atoms with Crippen molar-refractivity contribution in [3.63, 3.8) is 0 Å². The van der Waals surface area contributed by atoms with E-state index in [1.807, 2.05) is 18.2 Å². The SMILES string of the molecule is O=C1C=C([O-])CC(c2ccccc2Cl)C1. The number of hydrogen-bond donors (Lipinski definition) is 0. The Balaban J connectivity index is 2.30. The van der Waals surface area contributed by atoms with Crippen molar-refractivity contribution in [1.29, 1.82) is 0 Å². The van der Waals surface area contributed by atoms with Crippen molar-refractivity contribution in [2.75, 3.05) is 0 Å². The van der Waals surface area contributed by atoms with Gasteiger partial charge in [-0.2, -0.15) is 0 Å². The first-order valence-corrected chi connectivity index (χ1v) is 5.19. The predicted molar refractivity (Wildman–Crippen MR) is 56.5 cm³/mol. The van der Waals surface area contributed by atoms with Crippen LogP contribution in [0, 0.1) is 0 Å². The van der Waals surface area contributed by atoms with Crippen molar-refractivity contribution in [1.82, 2.24) is 0 Å². The van der Waals surface area contributed by atoms with E-state index in [1.165, 1.54) is 6.08 Å². The summed E-state index contributed by atoms with van der Waals surface area (Å²) < 4.78 is 0. The number of halogens is 1. The predicted octanol–water partition coefficient (Wildman–Crippen LogP) is 2.03. The molecule has 0 fully saturated rings. The molecule has 1 atom stereocenters. The minimum absolute atomic E-state index is 0.0521. The van der Waals surface area contributed by atoms with E-state index in [0.29, 0.717) is 17.9 Å². The van der Waals surface area contributed by atoms with Gasteiger partial charge in [0.15, 0.2) is 5.78 Å². The summed E-state index contributed by atoms with van der Waals surface area (Å²) >= 11 is 6.02. The van der Waals surface area contributed by atoms with Crippen LogP contribution in [0.25, 0.3) is 0 Å². The van der Waals surface area contributed by atoms with Gasteiger partial charge in [-0.3, -0.25) is 4.79 Å². The Morgan fingerprint density at radius 1 is 1.27 bits per heavy atom. The average molecular weight is 222 g/mol. The number of carbonyl (C=O) groups excluding carboxylic acids is 1. The third-order valence-corrected chi connectivity index (χ3v) is 2.91. The summed E-state index contributed by atoms with van der Waals surface area (Å²) in [5.74, 6) is -0.254. The summed E-state index contributed by atoms with van der Waals surface area (Å²) in [6, 6.07) is 7.36. The van der Waals surface area contributed by atoms with Crippen LogP contribution in [0.1, 0.15) is 24.3 Å². The summed E-state index contributed by atoms with van der Waals surface area (Å²) in [4.78, 5) is 11.2. The van der Waals surface area contributed by atoms with E-state index in [0.717, 1.165) is 5.56 Å². The molecular weight excluding hydrogens is 212 g/mol. The van der Waals surface area contributed by atoms with Crippen LogP contribution in [0.4, 0.5) is 0 Å². The van der Waals surface area contributed by atoms with Crippen LogP contribution in [-0.4, -0.2) is 5.78 Å². The smallest absolute Gasteiger partial charge is 0.155 e. The third kappa shape index (κ3) is 2.21. The molecule has 0 aliphatic heterocycles. The highest BCUT2D eigenvalue weighted by molar-refractivity contribution is 6.31. The van der Waals surface area contributed by atoms with Gasteiger partial charge in [-0.05, 0) is 30.0 Å². The molecule has 3 heteroatoms. The Hall–Kier alpha value is -1.28. The lowest BCUT2D eigenvalue weighted by Crippen LogP contribution is -2.19. The Bertz CT molecular complexity index is 423. The minimum atomic E-state index is -0.101. The summed E-state index contributed by atoms with van der Waals surface area (Å²) in [5.41, 5.74) is 0.897. The molecule has 1 aliphatic carbocycles. The van der Waals surface area contributed by atoms with Gasteiger partial charge in [-0.1, -0.05) is 29.8 Å². The van der Waals surface area contributed by atoms with Gasteiger partial charge >= 0.3 is 0 Å². The Labute approximate surface area is 93.2 Å². The van der Waals surface area contributed by atoms with Gasteiger partial charge in [-0.25, -0.2) is 0 Å². The highest BCUT2D eigenvalue weighted by atomic mass is 35.5. The average Bonchev–Trinajstić information content (AvgIpc) is 2.16. The van der Waals surface area contributed by atoms with Gasteiger partial charge in [-0.15, -0.1) is 5.76 Å². The van der Waals surface area contributed by atoms with Crippen molar-refractivity contribution in [2.24, 2.45) is 0 Å². The maximum absolute atomic E-state index is 11.2. The highest BCUT2D eigenvalue weighted by Gasteiger charge is 2.20. The zero-order valence-electron chi connectivity index (χ0n) is 8.07. The van der Waals surface area contributed by atoms with Crippen LogP contribution in [0.3, 0.4) is 0 Å². The Morgan fingerprint density at radius 3 is 2.67 bits per heavy atom. The van der Waals surface area contributed by atoms with Crippen LogP contribution in [-0.2, 0) is 4.79 Å². The largest absolute Gasteiger partial charge is 0.875 e. The Kier molecular flexibility index (Phi) is 2.78. The van der Waals surface area contributed by atoms with E-state index in [-0.39, 0.29) is 17.5 Å². The summed E-state index contributed by atoms with van der Waals surface area (Å²) in [6.07, 6.45) is 1.96. The first kappa shape index (κ1) is 10.2. The normalized spacial score (nSPS) is 21.3. The fraction of sp³-hybridized carbons (Fsp3) is 0.250. The van der Waals surface area contributed by atoms with Gasteiger partial charge in [0.1, 0.15) is 0 Å². The molecule has 0 aromatic heterocycles. The maximum Gasteiger partial charge on any atom is 0.155 e. The molecule has 0 saturated carbocycles. The molecule has 78 valence electrons. The van der Waals surface area contributed by atoms with E-state index < -0.39 is 0 Å². The molecule has 0 bridgehead atoms. The van der Waals surface area contributed by atoms with Gasteiger partial charge in [0.2, 0.25) is 0 Å². The summed E-state index contributed by atoms with van der Waals surface area (Å²) in [5, 5.41) is 11.9. The van der Waals surface area contributed by atoms with Crippen molar-refractivity contribution >= 4 is 17.4 Å². The molecule has 15 heavy (non-hydrogen) atoms. The molecule has 1 aliphatic rings. The zero-order valence-corrected chi connectivity index (χ0v) is 8.83. The number of allylic oxidation sites excluding steroid dienone is 2. The van der Waals surface area contributed by atoms with Crippen molar-refractivity contribution in [3.8, 4) is 0 Å². The van der Waals surface area contributed by atoms with E-state index in [4.69, 9.17) is 11.6 Å². The van der Waals surface area contributed by atoms with Crippen molar-refractivity contribution < 1.29 is 9.90 Å². The Morgan fingerprint density at radius 2 is 2.00 bits per heavy atom. The van der Waals surface area contributed by atoms with Crippen LogP contribution in [0.15, 0.2) is 36.1 Å². The molecule has 0 N–H and O–H groups in total. The molecule has 0 spiro atoms. The van der Waals surface area contributed by atoms with Crippen LogP contribution in [0.5, 0.6) is 0 Å². The number of ketones is 1. The fourth-order valence-electron chi connectivity index (χ4n) is 1.88. The quantitative estimate of drug-likeness (QED) is 0.728. The molecule has 2 rings (SSSR count). The molecular formula is C12H10ClO2-. The third-order valence-electron chi connectivity index (χ3n) is 2.56. The summed E-state index contributed by atoms with van der Waals surface area (Å²) in [6.45, 7) is 0. The van der Waals surface area contributed by atoms with E-state index >= 15 is 0 Å². The monoisotopic (exact) mass is 221 g/mol. The van der Waals surface area contributed by atoms with Crippen LogP contribution in [0.2, 0.25) is 5.02 Å². The summed E-state index contributed by atoms with van der Waals surface area (Å²) in [7, 11) is 0. The zero-order chi connectivity index (χ0) is 10.8. The molecule has 0 amide bonds. The molecule has 1 unspecified atom stereocenters. The number of rotatable bonds is 1. The number of benzene rings is 1. The van der Waals surface area contributed by atoms with E-state index in [1.54, 1.807) is 6.07 Å². The second kappa shape index (κ2) is 4.07. The maximum atomic E-state index is 11.2. The molecule has 0 heterocycles. The second-order valence-corrected chi connectivity index (χ2v) is 4.11. The molecule has 0 saturated heterocycles. The lowest BCUT2D eigenvalue weighted by Gasteiger charge is -2.25. The second-order valence-electron chi connectivity index (χ2n) is 3.70. The number of carbonyl (C=O) groups is 1. The van der Waals surface area contributed by atoms with Crippen LogP contribution >= 0.6 is 11.6 Å². The first-order chi connectivity index (χ1) is 7.16. The number of hydrogen-bond acceptors (Lipinski definition) is 2. The van der Waals surface area contributed by atoms with Gasteiger partial charge in [0, 0.05) is 11.4 Å². The fourth-order valence-corrected chi connectivity index (χ4v) is 2.17. The molecule has 1 aromatic rings. The first-order valence-electron chi connectivity index (χ1n) is 4.81. The standard InChI is InChI=1S/C12H11ClO2/c13-12-4-2-1-3-11(12)8-5-9(14)7-10(15)6-8/h1-4,7-8,14H,5-6H2/p-1. The minimum Gasteiger partial charge on any atom is -0.875 e. The highest BCUT2D eigenvalue weighted by Crippen LogP contribution is 2.33. The van der Waals surface area contributed by atoms with Crippen LogP contribution < -0.4 is 5.11 Å². The van der Waals surface area contributed by atoms with Crippen molar-refractivity contribution in [3.05, 3.63) is 46.7 Å². The lowest BCUT2D eigenvalue weighted by molar-refractivity contribution is -0.308. The van der Waals surface area contributed by atoms with E-state index in [2.05, 4.69) is 0 Å².